The summed E-state index contributed by atoms with van der Waals surface area (Å²) >= 11 is 0. The predicted octanol–water partition coefficient (Wildman–Crippen LogP) is 0.925. The van der Waals surface area contributed by atoms with E-state index in [9.17, 15) is 4.79 Å². The number of amides is 1. The maximum Gasteiger partial charge on any atom is 0.222 e. The highest BCUT2D eigenvalue weighted by atomic mass is 127. The van der Waals surface area contributed by atoms with E-state index in [2.05, 4.69) is 32.6 Å². The smallest absolute Gasteiger partial charge is 0.222 e. The third-order valence-electron chi connectivity index (χ3n) is 4.89. The zero-order chi connectivity index (χ0) is 19.1. The molecule has 2 aliphatic rings. The summed E-state index contributed by atoms with van der Waals surface area (Å²) in [6.45, 7) is 6.51. The molecule has 1 saturated heterocycles. The Morgan fingerprint density at radius 3 is 2.96 bits per heavy atom. The fourth-order valence-corrected chi connectivity index (χ4v) is 3.57. The van der Waals surface area contributed by atoms with E-state index in [0.717, 1.165) is 69.5 Å². The van der Waals surface area contributed by atoms with Crippen LogP contribution in [0.5, 0.6) is 0 Å². The average molecular weight is 505 g/mol. The number of fused-ring (bicyclic) bond motifs is 1. The molecule has 1 fully saturated rings. The molecule has 0 bridgehead atoms. The summed E-state index contributed by atoms with van der Waals surface area (Å²) in [5, 5.41) is 11.3. The first-order valence-corrected chi connectivity index (χ1v) is 9.93. The molecule has 3 heterocycles. The van der Waals surface area contributed by atoms with E-state index in [1.54, 1.807) is 7.11 Å². The third kappa shape index (κ3) is 6.29. The van der Waals surface area contributed by atoms with Gasteiger partial charge in [0.25, 0.3) is 0 Å². The molecule has 9 nitrogen and oxygen atoms in total. The lowest BCUT2D eigenvalue weighted by Crippen LogP contribution is -2.47. The number of halogens is 1. The Hall–Kier alpha value is -1.43. The average Bonchev–Trinajstić information content (AvgIpc) is 3.24. The van der Waals surface area contributed by atoms with Gasteiger partial charge in [-0.3, -0.25) is 9.79 Å². The van der Waals surface area contributed by atoms with Gasteiger partial charge in [-0.25, -0.2) is 9.67 Å². The Bertz CT molecular complexity index is 664. The second kappa shape index (κ2) is 11.5. The number of guanidine groups is 1. The molecule has 1 amide bonds. The van der Waals surface area contributed by atoms with Crippen LogP contribution in [0.15, 0.2) is 4.99 Å². The Balaban J connectivity index is 0.00000280. The number of carbonyl (C=O) groups excluding carboxylic acids is 1. The van der Waals surface area contributed by atoms with Gasteiger partial charge in [0.05, 0.1) is 6.54 Å². The lowest BCUT2D eigenvalue weighted by molar-refractivity contribution is -0.127. The van der Waals surface area contributed by atoms with Gasteiger partial charge in [0.1, 0.15) is 12.4 Å². The molecule has 0 saturated carbocycles. The monoisotopic (exact) mass is 505 g/mol. The van der Waals surface area contributed by atoms with Gasteiger partial charge in [0, 0.05) is 52.2 Å². The Morgan fingerprint density at radius 1 is 1.39 bits per heavy atom. The number of nitrogens with zero attached hydrogens (tertiary/aromatic N) is 5. The number of hydrogen-bond donors (Lipinski definition) is 2. The first kappa shape index (κ1) is 22.9. The van der Waals surface area contributed by atoms with E-state index in [-0.39, 0.29) is 35.9 Å². The minimum Gasteiger partial charge on any atom is -0.377 e. The van der Waals surface area contributed by atoms with Gasteiger partial charge in [0.15, 0.2) is 11.8 Å². The quantitative estimate of drug-likeness (QED) is 0.236. The summed E-state index contributed by atoms with van der Waals surface area (Å²) in [5.41, 5.74) is 0. The lowest BCUT2D eigenvalue weighted by Gasteiger charge is -2.25. The largest absolute Gasteiger partial charge is 0.377 e. The Morgan fingerprint density at radius 2 is 2.25 bits per heavy atom. The van der Waals surface area contributed by atoms with Gasteiger partial charge >= 0.3 is 0 Å². The molecule has 3 rings (SSSR count). The molecule has 0 spiro atoms. The summed E-state index contributed by atoms with van der Waals surface area (Å²) in [5.74, 6) is 2.88. The van der Waals surface area contributed by atoms with Gasteiger partial charge in [-0.1, -0.05) is 0 Å². The number of hydrogen-bond acceptors (Lipinski definition) is 5. The number of aromatic nitrogens is 3. The number of ether oxygens (including phenoxy) is 1. The van der Waals surface area contributed by atoms with Crippen molar-refractivity contribution in [3.63, 3.8) is 0 Å². The number of methoxy groups -OCH3 is 1. The predicted molar refractivity (Wildman–Crippen MR) is 118 cm³/mol. The van der Waals surface area contributed by atoms with Crippen LogP contribution in [-0.4, -0.2) is 70.9 Å². The highest BCUT2D eigenvalue weighted by Crippen LogP contribution is 2.13. The molecule has 1 unspecified atom stereocenters. The van der Waals surface area contributed by atoms with Crippen molar-refractivity contribution in [3.05, 3.63) is 11.6 Å². The highest BCUT2D eigenvalue weighted by molar-refractivity contribution is 14.0. The van der Waals surface area contributed by atoms with Crippen molar-refractivity contribution >= 4 is 35.8 Å². The van der Waals surface area contributed by atoms with Gasteiger partial charge in [-0.2, -0.15) is 5.10 Å². The van der Waals surface area contributed by atoms with Crippen molar-refractivity contribution in [2.75, 3.05) is 33.3 Å². The van der Waals surface area contributed by atoms with E-state index in [1.807, 2.05) is 9.58 Å². The molecule has 158 valence electrons. The van der Waals surface area contributed by atoms with Crippen LogP contribution < -0.4 is 10.6 Å². The summed E-state index contributed by atoms with van der Waals surface area (Å²) < 4.78 is 7.09. The molecule has 1 atom stereocenters. The van der Waals surface area contributed by atoms with Crippen LogP contribution in [0.3, 0.4) is 0 Å². The first-order chi connectivity index (χ1) is 13.2. The molecule has 2 aliphatic heterocycles. The van der Waals surface area contributed by atoms with E-state index in [1.165, 1.54) is 0 Å². The summed E-state index contributed by atoms with van der Waals surface area (Å²) in [4.78, 5) is 22.8. The molecule has 1 aromatic rings. The number of likely N-dealkylation sites (tertiary alicyclic amines) is 1. The molecule has 28 heavy (non-hydrogen) atoms. The van der Waals surface area contributed by atoms with E-state index < -0.39 is 0 Å². The van der Waals surface area contributed by atoms with Crippen LogP contribution in [0.2, 0.25) is 0 Å². The number of carbonyl (C=O) groups is 1. The Labute approximate surface area is 183 Å². The van der Waals surface area contributed by atoms with Crippen LogP contribution >= 0.6 is 24.0 Å². The van der Waals surface area contributed by atoms with Crippen LogP contribution in [0.4, 0.5) is 0 Å². The SMILES string of the molecule is CCNC(=NCCCN1CCCC1=O)NC1CCc2nc(COC)nn2C1.I. The molecular formula is C18H32IN7O2. The van der Waals surface area contributed by atoms with Crippen molar-refractivity contribution in [1.82, 2.24) is 30.3 Å². The van der Waals surface area contributed by atoms with Crippen molar-refractivity contribution in [3.8, 4) is 0 Å². The number of rotatable bonds is 8. The second-order valence-corrected chi connectivity index (χ2v) is 7.04. The maximum absolute atomic E-state index is 11.7. The van der Waals surface area contributed by atoms with E-state index in [0.29, 0.717) is 19.6 Å². The molecule has 1 aromatic heterocycles. The van der Waals surface area contributed by atoms with Crippen molar-refractivity contribution < 1.29 is 9.53 Å². The Kier molecular flexibility index (Phi) is 9.42. The minimum absolute atomic E-state index is 0. The van der Waals surface area contributed by atoms with Crippen LogP contribution in [0.1, 0.15) is 44.3 Å². The molecule has 0 aromatic carbocycles. The normalized spacial score (nSPS) is 19.4. The standard InChI is InChI=1S/C18H31N7O2.HI/c1-3-19-18(20-9-5-11-24-10-4-6-17(24)26)21-14-7-8-16-22-15(13-27-2)23-25(16)12-14;/h14H,3-13H2,1-2H3,(H2,19,20,21);1H. The van der Waals surface area contributed by atoms with Gasteiger partial charge in [-0.15, -0.1) is 24.0 Å². The van der Waals surface area contributed by atoms with Crippen molar-refractivity contribution in [1.29, 1.82) is 0 Å². The summed E-state index contributed by atoms with van der Waals surface area (Å²) in [6, 6.07) is 0.271. The molecular weight excluding hydrogens is 473 g/mol. The van der Waals surface area contributed by atoms with Crippen molar-refractivity contribution in [2.24, 2.45) is 4.99 Å². The molecule has 2 N–H and O–H groups in total. The van der Waals surface area contributed by atoms with Crippen LogP contribution in [0.25, 0.3) is 0 Å². The summed E-state index contributed by atoms with van der Waals surface area (Å²) in [7, 11) is 1.66. The number of aryl methyl sites for hydroxylation is 1. The molecule has 0 radical (unpaired) electrons. The van der Waals surface area contributed by atoms with Crippen LogP contribution in [-0.2, 0) is 29.1 Å². The minimum atomic E-state index is 0. The van der Waals surface area contributed by atoms with Gasteiger partial charge in [-0.05, 0) is 26.2 Å². The van der Waals surface area contributed by atoms with Crippen LogP contribution in [0, 0.1) is 0 Å². The maximum atomic E-state index is 11.7. The zero-order valence-electron chi connectivity index (χ0n) is 16.8. The van der Waals surface area contributed by atoms with E-state index >= 15 is 0 Å². The topological polar surface area (TPSA) is 96.7 Å². The van der Waals surface area contributed by atoms with E-state index in [4.69, 9.17) is 4.74 Å². The third-order valence-corrected chi connectivity index (χ3v) is 4.89. The summed E-state index contributed by atoms with van der Waals surface area (Å²) in [6.07, 6.45) is 4.47. The second-order valence-electron chi connectivity index (χ2n) is 7.04. The first-order valence-electron chi connectivity index (χ1n) is 9.93. The number of nitrogens with one attached hydrogen (secondary N) is 2. The van der Waals surface area contributed by atoms with Crippen molar-refractivity contribution in [2.45, 2.75) is 58.2 Å². The van der Waals surface area contributed by atoms with Gasteiger partial charge < -0.3 is 20.3 Å². The lowest BCUT2D eigenvalue weighted by atomic mass is 10.1. The highest BCUT2D eigenvalue weighted by Gasteiger charge is 2.22. The fourth-order valence-electron chi connectivity index (χ4n) is 3.57. The zero-order valence-corrected chi connectivity index (χ0v) is 19.1. The molecule has 10 heteroatoms. The number of aliphatic imine (C=N–C) groups is 1. The van der Waals surface area contributed by atoms with Gasteiger partial charge in [0.2, 0.25) is 5.91 Å². The fraction of sp³-hybridized carbons (Fsp3) is 0.778. The molecule has 0 aliphatic carbocycles.